The first-order valence-corrected chi connectivity index (χ1v) is 8.22. The first-order chi connectivity index (χ1) is 11.2. The van der Waals surface area contributed by atoms with Gasteiger partial charge in [0.1, 0.15) is 0 Å². The van der Waals surface area contributed by atoms with Crippen LogP contribution in [0.3, 0.4) is 0 Å². The van der Waals surface area contributed by atoms with E-state index in [-0.39, 0.29) is 5.91 Å². The van der Waals surface area contributed by atoms with Crippen molar-refractivity contribution in [2.45, 2.75) is 32.6 Å². The van der Waals surface area contributed by atoms with Crippen LogP contribution in [0.15, 0.2) is 42.5 Å². The van der Waals surface area contributed by atoms with Gasteiger partial charge in [-0.15, -0.1) is 0 Å². The molecular formula is C20H20N2O. The van der Waals surface area contributed by atoms with E-state index in [4.69, 9.17) is 0 Å². The van der Waals surface area contributed by atoms with Crippen LogP contribution < -0.4 is 5.32 Å². The molecule has 1 aliphatic carbocycles. The van der Waals surface area contributed by atoms with Crippen LogP contribution in [-0.2, 0) is 12.8 Å². The Morgan fingerprint density at radius 1 is 1.04 bits per heavy atom. The predicted octanol–water partition coefficient (Wildman–Crippen LogP) is 4.61. The summed E-state index contributed by atoms with van der Waals surface area (Å²) in [5.41, 5.74) is 6.62. The SMILES string of the molecule is Cc1ccc(NC(=O)c2ccc3[nH]c4c(c3c2)CCCC4)cc1. The van der Waals surface area contributed by atoms with Crippen LogP contribution in [0.1, 0.15) is 40.0 Å². The van der Waals surface area contributed by atoms with Crippen molar-refractivity contribution in [1.82, 2.24) is 4.98 Å². The first-order valence-electron chi connectivity index (χ1n) is 8.22. The maximum Gasteiger partial charge on any atom is 0.255 e. The van der Waals surface area contributed by atoms with Crippen molar-refractivity contribution >= 4 is 22.5 Å². The standard InChI is InChI=1S/C20H20N2O/c1-13-6-9-15(10-7-13)21-20(23)14-8-11-19-17(12-14)16-4-2-3-5-18(16)22-19/h6-12,22H,2-5H2,1H3,(H,21,23). The molecule has 0 radical (unpaired) electrons. The zero-order valence-corrected chi connectivity index (χ0v) is 13.3. The highest BCUT2D eigenvalue weighted by Gasteiger charge is 2.16. The fourth-order valence-electron chi connectivity index (χ4n) is 3.39. The van der Waals surface area contributed by atoms with Gasteiger partial charge >= 0.3 is 0 Å². The number of benzene rings is 2. The van der Waals surface area contributed by atoms with E-state index in [0.29, 0.717) is 5.56 Å². The Morgan fingerprint density at radius 3 is 2.65 bits per heavy atom. The molecule has 3 aromatic rings. The molecule has 116 valence electrons. The number of fused-ring (bicyclic) bond motifs is 3. The third-order valence-corrected chi connectivity index (χ3v) is 4.67. The van der Waals surface area contributed by atoms with Crippen molar-refractivity contribution in [3.63, 3.8) is 0 Å². The summed E-state index contributed by atoms with van der Waals surface area (Å²) >= 11 is 0. The molecule has 4 rings (SSSR count). The number of H-pyrrole nitrogens is 1. The summed E-state index contributed by atoms with van der Waals surface area (Å²) in [6.45, 7) is 2.04. The van der Waals surface area contributed by atoms with Gasteiger partial charge in [-0.2, -0.15) is 0 Å². The molecule has 0 atom stereocenters. The third kappa shape index (κ3) is 2.63. The van der Waals surface area contributed by atoms with Crippen LogP contribution in [0.2, 0.25) is 0 Å². The Balaban J connectivity index is 1.65. The quantitative estimate of drug-likeness (QED) is 0.713. The number of rotatable bonds is 2. The van der Waals surface area contributed by atoms with Crippen molar-refractivity contribution < 1.29 is 4.79 Å². The molecule has 0 saturated carbocycles. The maximum atomic E-state index is 12.5. The fraction of sp³-hybridized carbons (Fsp3) is 0.250. The van der Waals surface area contributed by atoms with Crippen LogP contribution in [-0.4, -0.2) is 10.9 Å². The Hall–Kier alpha value is -2.55. The molecule has 2 N–H and O–H groups in total. The van der Waals surface area contributed by atoms with Crippen molar-refractivity contribution in [2.24, 2.45) is 0 Å². The zero-order chi connectivity index (χ0) is 15.8. The van der Waals surface area contributed by atoms with Crippen molar-refractivity contribution in [1.29, 1.82) is 0 Å². The number of carbonyl (C=O) groups excluding carboxylic acids is 1. The van der Waals surface area contributed by atoms with Gasteiger partial charge in [0.05, 0.1) is 0 Å². The summed E-state index contributed by atoms with van der Waals surface area (Å²) in [6.07, 6.45) is 4.72. The molecular weight excluding hydrogens is 284 g/mol. The Labute approximate surface area is 135 Å². The molecule has 3 heteroatoms. The molecule has 0 saturated heterocycles. The lowest BCUT2D eigenvalue weighted by molar-refractivity contribution is 0.102. The highest BCUT2D eigenvalue weighted by Crippen LogP contribution is 2.29. The Kier molecular flexibility index (Phi) is 3.41. The summed E-state index contributed by atoms with van der Waals surface area (Å²) in [7, 11) is 0. The number of amides is 1. The first kappa shape index (κ1) is 14.1. The van der Waals surface area contributed by atoms with E-state index in [0.717, 1.165) is 24.0 Å². The molecule has 0 spiro atoms. The Bertz CT molecular complexity index is 875. The average molecular weight is 304 g/mol. The van der Waals surface area contributed by atoms with E-state index < -0.39 is 0 Å². The van der Waals surface area contributed by atoms with Gasteiger partial charge in [0.2, 0.25) is 0 Å². The minimum atomic E-state index is -0.0542. The molecule has 1 aromatic heterocycles. The van der Waals surface area contributed by atoms with Gasteiger partial charge in [-0.05, 0) is 68.5 Å². The van der Waals surface area contributed by atoms with E-state index >= 15 is 0 Å². The highest BCUT2D eigenvalue weighted by atomic mass is 16.1. The minimum absolute atomic E-state index is 0.0542. The van der Waals surface area contributed by atoms with Gasteiger partial charge in [-0.1, -0.05) is 17.7 Å². The second-order valence-electron chi connectivity index (χ2n) is 6.37. The molecule has 1 amide bonds. The fourth-order valence-corrected chi connectivity index (χ4v) is 3.39. The minimum Gasteiger partial charge on any atom is -0.358 e. The second-order valence-corrected chi connectivity index (χ2v) is 6.37. The Morgan fingerprint density at radius 2 is 1.83 bits per heavy atom. The van der Waals surface area contributed by atoms with E-state index in [1.165, 1.54) is 35.0 Å². The average Bonchev–Trinajstić information content (AvgIpc) is 2.94. The monoisotopic (exact) mass is 304 g/mol. The van der Waals surface area contributed by atoms with E-state index in [2.05, 4.69) is 10.3 Å². The number of hydrogen-bond donors (Lipinski definition) is 2. The van der Waals surface area contributed by atoms with E-state index in [1.54, 1.807) is 0 Å². The number of aromatic amines is 1. The van der Waals surface area contributed by atoms with E-state index in [1.807, 2.05) is 49.4 Å². The van der Waals surface area contributed by atoms with Crippen LogP contribution in [0.4, 0.5) is 5.69 Å². The van der Waals surface area contributed by atoms with Crippen molar-refractivity contribution in [3.05, 3.63) is 64.8 Å². The maximum absolute atomic E-state index is 12.5. The van der Waals surface area contributed by atoms with Crippen molar-refractivity contribution in [2.75, 3.05) is 5.32 Å². The normalized spacial score (nSPS) is 13.8. The van der Waals surface area contributed by atoms with Crippen LogP contribution in [0, 0.1) is 6.92 Å². The number of nitrogens with one attached hydrogen (secondary N) is 2. The molecule has 1 aliphatic rings. The number of hydrogen-bond acceptors (Lipinski definition) is 1. The second kappa shape index (κ2) is 5.58. The molecule has 0 unspecified atom stereocenters. The molecule has 1 heterocycles. The van der Waals surface area contributed by atoms with Crippen LogP contribution >= 0.6 is 0 Å². The van der Waals surface area contributed by atoms with Gasteiger partial charge in [-0.25, -0.2) is 0 Å². The van der Waals surface area contributed by atoms with Gasteiger partial charge in [0.15, 0.2) is 0 Å². The van der Waals surface area contributed by atoms with Crippen molar-refractivity contribution in [3.8, 4) is 0 Å². The molecule has 3 nitrogen and oxygen atoms in total. The predicted molar refractivity (Wildman–Crippen MR) is 94.1 cm³/mol. The van der Waals surface area contributed by atoms with Gasteiger partial charge in [0, 0.05) is 27.8 Å². The third-order valence-electron chi connectivity index (χ3n) is 4.67. The van der Waals surface area contributed by atoms with Gasteiger partial charge in [0.25, 0.3) is 5.91 Å². The van der Waals surface area contributed by atoms with Gasteiger partial charge < -0.3 is 10.3 Å². The largest absolute Gasteiger partial charge is 0.358 e. The summed E-state index contributed by atoms with van der Waals surface area (Å²) in [4.78, 5) is 16.0. The topological polar surface area (TPSA) is 44.9 Å². The summed E-state index contributed by atoms with van der Waals surface area (Å²) in [6, 6.07) is 13.8. The van der Waals surface area contributed by atoms with Crippen LogP contribution in [0.25, 0.3) is 10.9 Å². The summed E-state index contributed by atoms with van der Waals surface area (Å²) in [5.74, 6) is -0.0542. The lowest BCUT2D eigenvalue weighted by atomic mass is 9.95. The van der Waals surface area contributed by atoms with Gasteiger partial charge in [-0.3, -0.25) is 4.79 Å². The smallest absolute Gasteiger partial charge is 0.255 e. The lowest BCUT2D eigenvalue weighted by Gasteiger charge is -2.10. The van der Waals surface area contributed by atoms with Crippen LogP contribution in [0.5, 0.6) is 0 Å². The zero-order valence-electron chi connectivity index (χ0n) is 13.3. The number of aromatic nitrogens is 1. The molecule has 0 aliphatic heterocycles. The van der Waals surface area contributed by atoms with E-state index in [9.17, 15) is 4.79 Å². The molecule has 2 aromatic carbocycles. The number of aryl methyl sites for hydroxylation is 3. The summed E-state index contributed by atoms with van der Waals surface area (Å²) in [5, 5.41) is 4.18. The number of anilines is 1. The molecule has 0 fully saturated rings. The lowest BCUT2D eigenvalue weighted by Crippen LogP contribution is -2.11. The summed E-state index contributed by atoms with van der Waals surface area (Å²) < 4.78 is 0. The number of carbonyl (C=O) groups is 1. The molecule has 23 heavy (non-hydrogen) atoms. The highest BCUT2D eigenvalue weighted by molar-refractivity contribution is 6.06. The molecule has 0 bridgehead atoms.